The zero-order chi connectivity index (χ0) is 27.4. The van der Waals surface area contributed by atoms with Gasteiger partial charge in [0, 0.05) is 66.1 Å². The van der Waals surface area contributed by atoms with Gasteiger partial charge in [-0.15, -0.1) is 0 Å². The normalized spacial score (nSPS) is 15.4. The summed E-state index contributed by atoms with van der Waals surface area (Å²) < 4.78 is 2.52. The van der Waals surface area contributed by atoms with Crippen molar-refractivity contribution in [3.63, 3.8) is 0 Å². The summed E-state index contributed by atoms with van der Waals surface area (Å²) in [7, 11) is 2.21. The van der Waals surface area contributed by atoms with E-state index in [2.05, 4.69) is 97.7 Å². The van der Waals surface area contributed by atoms with Crippen LogP contribution in [0.3, 0.4) is 0 Å². The molecule has 38 heavy (non-hydrogen) atoms. The Hall–Kier alpha value is -2.38. The van der Waals surface area contributed by atoms with Gasteiger partial charge in [-0.25, -0.2) is 4.31 Å². The van der Waals surface area contributed by atoms with Crippen LogP contribution in [0, 0.1) is 12.3 Å². The van der Waals surface area contributed by atoms with Crippen molar-refractivity contribution in [2.75, 3.05) is 46.3 Å². The molecule has 0 amide bonds. The lowest BCUT2D eigenvalue weighted by Gasteiger charge is -2.33. The number of aromatic amines is 1. The Morgan fingerprint density at radius 1 is 1.11 bits per heavy atom. The molecule has 0 radical (unpaired) electrons. The van der Waals surface area contributed by atoms with Gasteiger partial charge in [0.1, 0.15) is 0 Å². The van der Waals surface area contributed by atoms with Crippen LogP contribution in [0.1, 0.15) is 61.2 Å². The van der Waals surface area contributed by atoms with Crippen LogP contribution in [0.5, 0.6) is 0 Å². The molecule has 1 aromatic heterocycles. The first kappa shape index (κ1) is 28.6. The number of H-pyrrole nitrogens is 1. The fourth-order valence-electron chi connectivity index (χ4n) is 5.66. The Morgan fingerprint density at radius 3 is 2.45 bits per heavy atom. The maximum absolute atomic E-state index is 7.50. The van der Waals surface area contributed by atoms with E-state index in [9.17, 15) is 0 Å². The molecule has 2 aromatic carbocycles. The molecule has 0 atom stereocenters. The lowest BCUT2D eigenvalue weighted by molar-refractivity contribution is 0.233. The maximum atomic E-state index is 7.50. The number of aryl methyl sites for hydroxylation is 1. The van der Waals surface area contributed by atoms with Gasteiger partial charge >= 0.3 is 0 Å². The van der Waals surface area contributed by atoms with Crippen molar-refractivity contribution < 1.29 is 0 Å². The Labute approximate surface area is 233 Å². The minimum Gasteiger partial charge on any atom is -0.357 e. The van der Waals surface area contributed by atoms with Crippen molar-refractivity contribution in [2.45, 2.75) is 57.9 Å². The Kier molecular flexibility index (Phi) is 9.19. The van der Waals surface area contributed by atoms with Crippen LogP contribution in [0.25, 0.3) is 17.0 Å². The Bertz CT molecular complexity index is 1280. The van der Waals surface area contributed by atoms with Crippen molar-refractivity contribution in [1.82, 2.24) is 19.1 Å². The molecule has 0 saturated carbocycles. The van der Waals surface area contributed by atoms with Crippen LogP contribution >= 0.6 is 11.9 Å². The molecule has 1 aliphatic rings. The second-order valence-corrected chi connectivity index (χ2v) is 12.2. The summed E-state index contributed by atoms with van der Waals surface area (Å²) in [6.45, 7) is 23.0. The number of nitrogens with zero attached hydrogens (tertiary/aromatic N) is 3. The Morgan fingerprint density at radius 2 is 1.82 bits per heavy atom. The van der Waals surface area contributed by atoms with Gasteiger partial charge in [-0.3, -0.25) is 4.90 Å². The number of rotatable bonds is 11. The molecule has 1 saturated heterocycles. The van der Waals surface area contributed by atoms with E-state index < -0.39 is 0 Å². The van der Waals surface area contributed by atoms with E-state index in [0.717, 1.165) is 56.9 Å². The fourth-order valence-corrected chi connectivity index (χ4v) is 6.70. The van der Waals surface area contributed by atoms with E-state index in [1.807, 2.05) is 18.0 Å². The second-order valence-electron chi connectivity index (χ2n) is 11.1. The average molecular weight is 532 g/mol. The topological polar surface area (TPSA) is 49.4 Å². The molecule has 1 fully saturated rings. The van der Waals surface area contributed by atoms with Crippen molar-refractivity contribution >= 4 is 35.1 Å². The molecular weight excluding hydrogens is 486 g/mol. The third-order valence-corrected chi connectivity index (χ3v) is 9.39. The lowest BCUT2D eigenvalue weighted by Crippen LogP contribution is -2.41. The highest BCUT2D eigenvalue weighted by atomic mass is 32.2. The molecule has 1 aliphatic heterocycles. The third kappa shape index (κ3) is 5.94. The first-order chi connectivity index (χ1) is 18.2. The number of benzene rings is 2. The number of hydrogen-bond acceptors (Lipinski definition) is 5. The van der Waals surface area contributed by atoms with Crippen LogP contribution in [0.4, 0.5) is 0 Å². The van der Waals surface area contributed by atoms with Gasteiger partial charge < -0.3 is 15.3 Å². The fraction of sp³-hybridized carbons (Fsp3) is 0.469. The molecule has 2 N–H and O–H groups in total. The summed E-state index contributed by atoms with van der Waals surface area (Å²) >= 11 is 1.92. The molecular formula is C32H45N5S. The molecule has 6 heteroatoms. The molecule has 2 heterocycles. The molecule has 0 unspecified atom stereocenters. The highest BCUT2D eigenvalue weighted by molar-refractivity contribution is 7.97. The van der Waals surface area contributed by atoms with E-state index in [1.54, 1.807) is 0 Å². The first-order valence-electron chi connectivity index (χ1n) is 14.0. The van der Waals surface area contributed by atoms with E-state index in [-0.39, 0.29) is 5.41 Å². The molecule has 0 bridgehead atoms. The summed E-state index contributed by atoms with van der Waals surface area (Å²) in [5.74, 6) is 0. The van der Waals surface area contributed by atoms with Crippen LogP contribution in [-0.4, -0.2) is 71.6 Å². The van der Waals surface area contributed by atoms with Gasteiger partial charge in [0.15, 0.2) is 0 Å². The smallest absolute Gasteiger partial charge is 0.0461 e. The zero-order valence-corrected chi connectivity index (χ0v) is 25.0. The van der Waals surface area contributed by atoms with E-state index in [0.29, 0.717) is 6.42 Å². The first-order valence-corrected chi connectivity index (χ1v) is 14.7. The van der Waals surface area contributed by atoms with Crippen molar-refractivity contribution in [1.29, 1.82) is 5.41 Å². The van der Waals surface area contributed by atoms with Crippen molar-refractivity contribution in [3.05, 3.63) is 70.4 Å². The maximum Gasteiger partial charge on any atom is 0.0461 e. The van der Waals surface area contributed by atoms with Crippen molar-refractivity contribution in [3.8, 4) is 0 Å². The van der Waals surface area contributed by atoms with Gasteiger partial charge in [-0.2, -0.15) is 0 Å². The predicted octanol–water partition coefficient (Wildman–Crippen LogP) is 6.73. The highest BCUT2D eigenvalue weighted by Crippen LogP contribution is 2.41. The highest BCUT2D eigenvalue weighted by Gasteiger charge is 2.31. The summed E-state index contributed by atoms with van der Waals surface area (Å²) in [5.41, 5.74) is 8.53. The molecule has 4 rings (SSSR count). The van der Waals surface area contributed by atoms with Crippen LogP contribution < -0.4 is 0 Å². The quantitative estimate of drug-likeness (QED) is 0.213. The van der Waals surface area contributed by atoms with Crippen LogP contribution in [0.15, 0.2) is 41.8 Å². The number of hydrogen-bond donors (Lipinski definition) is 2. The van der Waals surface area contributed by atoms with E-state index >= 15 is 0 Å². The monoisotopic (exact) mass is 531 g/mol. The van der Waals surface area contributed by atoms with Gasteiger partial charge in [0.05, 0.1) is 0 Å². The molecule has 0 spiro atoms. The minimum absolute atomic E-state index is 0.233. The lowest BCUT2D eigenvalue weighted by atomic mass is 9.77. The van der Waals surface area contributed by atoms with Crippen LogP contribution in [0.2, 0.25) is 0 Å². The molecule has 0 aliphatic carbocycles. The number of nitrogens with one attached hydrogen (secondary N) is 2. The summed E-state index contributed by atoms with van der Waals surface area (Å²) in [6.07, 6.45) is 4.16. The van der Waals surface area contributed by atoms with Gasteiger partial charge in [0.2, 0.25) is 0 Å². The largest absolute Gasteiger partial charge is 0.357 e. The standard InChI is InChI=1S/C32H45N5S/c1-8-25-21-30(38-37-17-15-35(7)16-18-37)26(22-36(9-2)10-3)20-28(25)32(5,6)31-23(4)27-12-11-24(13-14-33)19-29(27)34-31/h8,11-12,14,19-21,33-34H,1,9-10,13,15-18,22H2,2-7H3. The third-order valence-electron chi connectivity index (χ3n) is 8.19. The van der Waals surface area contributed by atoms with Gasteiger partial charge in [-0.1, -0.05) is 58.5 Å². The SMILES string of the molecule is C=Cc1cc(SN2CCN(C)CC2)c(CN(CC)CC)cc1C(C)(C)c1[nH]c2cc(CC=N)ccc2c1C. The number of aromatic nitrogens is 1. The summed E-state index contributed by atoms with van der Waals surface area (Å²) in [4.78, 5) is 10.0. The Balaban J connectivity index is 1.79. The minimum atomic E-state index is -0.233. The zero-order valence-electron chi connectivity index (χ0n) is 24.2. The van der Waals surface area contributed by atoms with Crippen LogP contribution in [-0.2, 0) is 18.4 Å². The number of fused-ring (bicyclic) bond motifs is 1. The molecule has 5 nitrogen and oxygen atoms in total. The van der Waals surface area contributed by atoms with Gasteiger partial charge in [-0.05, 0) is 85.2 Å². The summed E-state index contributed by atoms with van der Waals surface area (Å²) in [6, 6.07) is 11.4. The number of likely N-dealkylation sites (N-methyl/N-ethyl adjacent to an activating group) is 1. The summed E-state index contributed by atoms with van der Waals surface area (Å²) in [5, 5.41) is 8.76. The van der Waals surface area contributed by atoms with Crippen molar-refractivity contribution in [2.24, 2.45) is 0 Å². The van der Waals surface area contributed by atoms with E-state index in [1.165, 1.54) is 44.4 Å². The average Bonchev–Trinajstić information content (AvgIpc) is 3.25. The molecule has 204 valence electrons. The second kappa shape index (κ2) is 12.2. The van der Waals surface area contributed by atoms with E-state index in [4.69, 9.17) is 5.41 Å². The molecule has 3 aromatic rings. The van der Waals surface area contributed by atoms with Gasteiger partial charge in [0.25, 0.3) is 0 Å². The predicted molar refractivity (Wildman–Crippen MR) is 166 cm³/mol. The number of piperazine rings is 1.